The maximum absolute atomic E-state index is 12.6. The Kier molecular flexibility index (Phi) is 4.75. The number of aliphatic imine (C=N–C) groups is 1. The number of urea groups is 1. The van der Waals surface area contributed by atoms with E-state index in [1.165, 1.54) is 0 Å². The molecule has 3 amide bonds. The molecule has 6 nitrogen and oxygen atoms in total. The highest BCUT2D eigenvalue weighted by Crippen LogP contribution is 2.23. The third-order valence-corrected chi connectivity index (χ3v) is 3.75. The second-order valence-electron chi connectivity index (χ2n) is 7.13. The number of amides is 3. The van der Waals surface area contributed by atoms with Gasteiger partial charge < -0.3 is 16.0 Å². The molecule has 0 aliphatic carbocycles. The molecule has 0 bridgehead atoms. The van der Waals surface area contributed by atoms with Crippen LogP contribution in [-0.4, -0.2) is 29.4 Å². The van der Waals surface area contributed by atoms with E-state index in [9.17, 15) is 9.59 Å². The second kappa shape index (κ2) is 7.00. The summed E-state index contributed by atoms with van der Waals surface area (Å²) in [6.07, 6.45) is -1.03. The van der Waals surface area contributed by atoms with E-state index in [1.54, 1.807) is 0 Å². The lowest BCUT2D eigenvalue weighted by atomic mass is 10.0. The van der Waals surface area contributed by atoms with Gasteiger partial charge in [0.15, 0.2) is 0 Å². The van der Waals surface area contributed by atoms with E-state index in [0.29, 0.717) is 11.4 Å². The second-order valence-corrected chi connectivity index (χ2v) is 7.13. The van der Waals surface area contributed by atoms with Crippen molar-refractivity contribution in [2.45, 2.75) is 32.5 Å². The fourth-order valence-corrected chi connectivity index (χ4v) is 2.68. The van der Waals surface area contributed by atoms with Crippen LogP contribution in [-0.2, 0) is 4.79 Å². The largest absolute Gasteiger partial charge is 0.334 e. The summed E-state index contributed by atoms with van der Waals surface area (Å²) in [5, 5.41) is 8.28. The van der Waals surface area contributed by atoms with Crippen molar-refractivity contribution in [2.75, 3.05) is 5.32 Å². The highest BCUT2D eigenvalue weighted by Gasteiger charge is 2.27. The predicted molar refractivity (Wildman–Crippen MR) is 102 cm³/mol. The van der Waals surface area contributed by atoms with Gasteiger partial charge in [-0.3, -0.25) is 4.79 Å². The lowest BCUT2D eigenvalue weighted by Crippen LogP contribution is -2.52. The van der Waals surface area contributed by atoms with Gasteiger partial charge in [-0.05, 0) is 26.8 Å². The number of benzene rings is 2. The highest BCUT2D eigenvalue weighted by molar-refractivity contribution is 6.19. The maximum atomic E-state index is 12.6. The smallest absolute Gasteiger partial charge is 0.317 e. The summed E-state index contributed by atoms with van der Waals surface area (Å²) in [4.78, 5) is 29.4. The zero-order valence-electron chi connectivity index (χ0n) is 15.0. The van der Waals surface area contributed by atoms with Crippen molar-refractivity contribution < 1.29 is 9.59 Å². The SMILES string of the molecule is CC(C)(C)NC(=O)NC1N=C(c2ccccc2)c2ccccc2NC1=O. The first-order valence-electron chi connectivity index (χ1n) is 8.46. The van der Waals surface area contributed by atoms with Crippen LogP contribution in [0.3, 0.4) is 0 Å². The van der Waals surface area contributed by atoms with Gasteiger partial charge in [-0.25, -0.2) is 9.79 Å². The van der Waals surface area contributed by atoms with Crippen LogP contribution in [0.25, 0.3) is 0 Å². The Morgan fingerprint density at radius 3 is 2.38 bits per heavy atom. The van der Waals surface area contributed by atoms with Crippen molar-refractivity contribution in [3.8, 4) is 0 Å². The molecule has 1 heterocycles. The summed E-state index contributed by atoms with van der Waals surface area (Å²) >= 11 is 0. The standard InChI is InChI=1S/C20H22N4O2/c1-20(2,3)24-19(26)23-17-18(25)21-15-12-8-7-11-14(15)16(22-17)13-9-5-4-6-10-13/h4-12,17H,1-3H3,(H,21,25)(H2,23,24,26). The molecule has 3 rings (SSSR count). The number of hydrogen-bond acceptors (Lipinski definition) is 3. The minimum atomic E-state index is -1.03. The molecular formula is C20H22N4O2. The molecule has 134 valence electrons. The van der Waals surface area contributed by atoms with E-state index in [2.05, 4.69) is 20.9 Å². The molecule has 1 atom stereocenters. The van der Waals surface area contributed by atoms with Crippen molar-refractivity contribution in [2.24, 2.45) is 4.99 Å². The van der Waals surface area contributed by atoms with Crippen LogP contribution in [0.2, 0.25) is 0 Å². The molecule has 0 radical (unpaired) electrons. The normalized spacial score (nSPS) is 16.7. The number of carbonyl (C=O) groups is 2. The molecule has 0 aromatic heterocycles. The van der Waals surface area contributed by atoms with Crippen LogP contribution in [0.15, 0.2) is 59.6 Å². The molecule has 1 unspecified atom stereocenters. The van der Waals surface area contributed by atoms with Gasteiger partial charge in [-0.2, -0.15) is 0 Å². The lowest BCUT2D eigenvalue weighted by Gasteiger charge is -2.22. The average molecular weight is 350 g/mol. The molecule has 3 N–H and O–H groups in total. The summed E-state index contributed by atoms with van der Waals surface area (Å²) in [6, 6.07) is 16.6. The number of fused-ring (bicyclic) bond motifs is 1. The van der Waals surface area contributed by atoms with Gasteiger partial charge in [0.25, 0.3) is 5.91 Å². The molecule has 26 heavy (non-hydrogen) atoms. The molecule has 0 spiro atoms. The fraction of sp³-hybridized carbons (Fsp3) is 0.250. The van der Waals surface area contributed by atoms with Gasteiger partial charge in [-0.15, -0.1) is 0 Å². The molecule has 1 aliphatic rings. The Balaban J connectivity index is 1.99. The summed E-state index contributed by atoms with van der Waals surface area (Å²) in [5.74, 6) is -0.382. The monoisotopic (exact) mass is 350 g/mol. The Bertz CT molecular complexity index is 854. The van der Waals surface area contributed by atoms with Gasteiger partial charge in [-0.1, -0.05) is 48.5 Å². The number of hydrogen-bond donors (Lipinski definition) is 3. The van der Waals surface area contributed by atoms with Gasteiger partial charge in [0.2, 0.25) is 6.17 Å². The van der Waals surface area contributed by atoms with E-state index in [-0.39, 0.29) is 5.91 Å². The number of para-hydroxylation sites is 1. The molecule has 0 fully saturated rings. The van der Waals surface area contributed by atoms with Crippen molar-refractivity contribution in [1.29, 1.82) is 0 Å². The van der Waals surface area contributed by atoms with Gasteiger partial charge in [0.1, 0.15) is 0 Å². The number of rotatable bonds is 2. The molecule has 0 saturated heterocycles. The van der Waals surface area contributed by atoms with Crippen molar-refractivity contribution in [3.63, 3.8) is 0 Å². The Hall–Kier alpha value is -3.15. The first-order valence-corrected chi connectivity index (χ1v) is 8.46. The Labute approximate surface area is 152 Å². The number of carbonyl (C=O) groups excluding carboxylic acids is 2. The van der Waals surface area contributed by atoms with Crippen molar-refractivity contribution >= 4 is 23.3 Å². The van der Waals surface area contributed by atoms with Crippen LogP contribution < -0.4 is 16.0 Å². The quantitative estimate of drug-likeness (QED) is 0.778. The number of anilines is 1. The van der Waals surface area contributed by atoms with E-state index in [4.69, 9.17) is 0 Å². The van der Waals surface area contributed by atoms with Crippen molar-refractivity contribution in [3.05, 3.63) is 65.7 Å². The highest BCUT2D eigenvalue weighted by atomic mass is 16.2. The van der Waals surface area contributed by atoms with Gasteiger partial charge in [0.05, 0.1) is 11.4 Å². The van der Waals surface area contributed by atoms with Crippen LogP contribution in [0.5, 0.6) is 0 Å². The molecule has 6 heteroatoms. The first-order chi connectivity index (χ1) is 12.3. The molecule has 0 saturated carbocycles. The van der Waals surface area contributed by atoms with E-state index < -0.39 is 17.7 Å². The van der Waals surface area contributed by atoms with Crippen LogP contribution >= 0.6 is 0 Å². The molecule has 2 aromatic rings. The lowest BCUT2D eigenvalue weighted by molar-refractivity contribution is -0.117. The predicted octanol–water partition coefficient (Wildman–Crippen LogP) is 2.90. The maximum Gasteiger partial charge on any atom is 0.317 e. The number of benzodiazepines with no additional fused rings is 1. The first kappa shape index (κ1) is 17.7. The number of nitrogens with one attached hydrogen (secondary N) is 3. The van der Waals surface area contributed by atoms with Gasteiger partial charge in [0, 0.05) is 16.7 Å². The minimum absolute atomic E-state index is 0.382. The van der Waals surface area contributed by atoms with Crippen molar-refractivity contribution in [1.82, 2.24) is 10.6 Å². The molecule has 1 aliphatic heterocycles. The molecule has 2 aromatic carbocycles. The Morgan fingerprint density at radius 1 is 1.04 bits per heavy atom. The minimum Gasteiger partial charge on any atom is -0.334 e. The molecular weight excluding hydrogens is 328 g/mol. The average Bonchev–Trinajstić information content (AvgIpc) is 2.71. The summed E-state index contributed by atoms with van der Waals surface area (Å²) < 4.78 is 0. The van der Waals surface area contributed by atoms with E-state index in [1.807, 2.05) is 75.4 Å². The summed E-state index contributed by atoms with van der Waals surface area (Å²) in [7, 11) is 0. The Morgan fingerprint density at radius 2 is 1.69 bits per heavy atom. The van der Waals surface area contributed by atoms with Crippen LogP contribution in [0.1, 0.15) is 31.9 Å². The zero-order chi connectivity index (χ0) is 18.7. The van der Waals surface area contributed by atoms with E-state index in [0.717, 1.165) is 11.1 Å². The number of nitrogens with zero attached hydrogens (tertiary/aromatic N) is 1. The third-order valence-electron chi connectivity index (χ3n) is 3.75. The topological polar surface area (TPSA) is 82.6 Å². The zero-order valence-corrected chi connectivity index (χ0v) is 15.0. The van der Waals surface area contributed by atoms with Crippen LogP contribution in [0, 0.1) is 0 Å². The van der Waals surface area contributed by atoms with Gasteiger partial charge >= 0.3 is 6.03 Å². The van der Waals surface area contributed by atoms with E-state index >= 15 is 0 Å². The van der Waals surface area contributed by atoms with Crippen LogP contribution in [0.4, 0.5) is 10.5 Å². The fourth-order valence-electron chi connectivity index (χ4n) is 2.68. The summed E-state index contributed by atoms with van der Waals surface area (Å²) in [6.45, 7) is 5.61. The third kappa shape index (κ3) is 4.08. The summed E-state index contributed by atoms with van der Waals surface area (Å²) in [5.41, 5.74) is 2.59.